The predicted molar refractivity (Wildman–Crippen MR) is 85.1 cm³/mol. The first-order valence-electron chi connectivity index (χ1n) is 6.67. The summed E-state index contributed by atoms with van der Waals surface area (Å²) in [7, 11) is 1.54. The standard InChI is InChI=1S/C15H20BrNO5/c1-15(2,3)22-14(20)17-11(8-13(18)19)9-5-6-12(21-4)10(16)7-9/h5-7,11H,8H2,1-4H3,(H,17,20)(H,18,19)/t11-/m0/s1. The van der Waals surface area contributed by atoms with Gasteiger partial charge in [-0.25, -0.2) is 4.79 Å². The van der Waals surface area contributed by atoms with Crippen molar-refractivity contribution in [3.05, 3.63) is 28.2 Å². The third-order valence-corrected chi connectivity index (χ3v) is 3.27. The number of alkyl carbamates (subject to hydrolysis) is 1. The van der Waals surface area contributed by atoms with Gasteiger partial charge in [0.05, 0.1) is 24.0 Å². The van der Waals surface area contributed by atoms with Crippen LogP contribution in [-0.2, 0) is 9.53 Å². The Kier molecular flexibility index (Phi) is 6.22. The van der Waals surface area contributed by atoms with Crippen LogP contribution in [0.3, 0.4) is 0 Å². The fraction of sp³-hybridized carbons (Fsp3) is 0.467. The van der Waals surface area contributed by atoms with Crippen LogP contribution in [0.25, 0.3) is 0 Å². The zero-order valence-corrected chi connectivity index (χ0v) is 14.6. The lowest BCUT2D eigenvalue weighted by Crippen LogP contribution is -2.35. The Hall–Kier alpha value is -1.76. The molecule has 1 rings (SSSR count). The van der Waals surface area contributed by atoms with Gasteiger partial charge in [0.2, 0.25) is 0 Å². The summed E-state index contributed by atoms with van der Waals surface area (Å²) in [6.07, 6.45) is -0.913. The van der Waals surface area contributed by atoms with E-state index >= 15 is 0 Å². The van der Waals surface area contributed by atoms with Gasteiger partial charge in [-0.15, -0.1) is 0 Å². The Morgan fingerprint density at radius 1 is 1.36 bits per heavy atom. The molecule has 0 fully saturated rings. The lowest BCUT2D eigenvalue weighted by atomic mass is 10.0. The molecule has 0 aliphatic rings. The number of hydrogen-bond donors (Lipinski definition) is 2. The molecule has 0 spiro atoms. The van der Waals surface area contributed by atoms with Gasteiger partial charge in [-0.05, 0) is 54.4 Å². The van der Waals surface area contributed by atoms with E-state index in [2.05, 4.69) is 21.2 Å². The number of amides is 1. The number of ether oxygens (including phenoxy) is 2. The van der Waals surface area contributed by atoms with Gasteiger partial charge in [-0.2, -0.15) is 0 Å². The summed E-state index contributed by atoms with van der Waals surface area (Å²) in [4.78, 5) is 22.9. The molecule has 7 heteroatoms. The van der Waals surface area contributed by atoms with E-state index in [4.69, 9.17) is 14.6 Å². The monoisotopic (exact) mass is 373 g/mol. The summed E-state index contributed by atoms with van der Waals surface area (Å²) >= 11 is 3.34. The molecule has 0 heterocycles. The molecule has 1 aromatic carbocycles. The van der Waals surface area contributed by atoms with E-state index in [1.807, 2.05) is 0 Å². The number of methoxy groups -OCH3 is 1. The van der Waals surface area contributed by atoms with Crippen LogP contribution < -0.4 is 10.1 Å². The molecule has 0 saturated carbocycles. The predicted octanol–water partition coefficient (Wildman–Crippen LogP) is 3.50. The highest BCUT2D eigenvalue weighted by Gasteiger charge is 2.23. The van der Waals surface area contributed by atoms with Crippen LogP contribution >= 0.6 is 15.9 Å². The molecule has 22 heavy (non-hydrogen) atoms. The lowest BCUT2D eigenvalue weighted by molar-refractivity contribution is -0.137. The second-order valence-electron chi connectivity index (χ2n) is 5.69. The molecule has 0 bridgehead atoms. The van der Waals surface area contributed by atoms with Crippen molar-refractivity contribution >= 4 is 28.0 Å². The number of nitrogens with one attached hydrogen (secondary N) is 1. The number of carbonyl (C=O) groups is 2. The van der Waals surface area contributed by atoms with Crippen molar-refractivity contribution in [1.82, 2.24) is 5.32 Å². The molecule has 1 aromatic rings. The summed E-state index contributed by atoms with van der Waals surface area (Å²) < 4.78 is 11.0. The normalized spacial score (nSPS) is 12.4. The minimum Gasteiger partial charge on any atom is -0.496 e. The molecule has 1 atom stereocenters. The maximum atomic E-state index is 11.9. The van der Waals surface area contributed by atoms with Crippen LogP contribution in [0.2, 0.25) is 0 Å². The Bertz CT molecular complexity index is 553. The van der Waals surface area contributed by atoms with Gasteiger partial charge in [0.25, 0.3) is 0 Å². The van der Waals surface area contributed by atoms with Gasteiger partial charge in [0, 0.05) is 0 Å². The van der Waals surface area contributed by atoms with Crippen LogP contribution in [-0.4, -0.2) is 29.9 Å². The Morgan fingerprint density at radius 3 is 2.45 bits per heavy atom. The SMILES string of the molecule is COc1ccc([C@H](CC(=O)O)NC(=O)OC(C)(C)C)cc1Br. The Morgan fingerprint density at radius 2 is 2.00 bits per heavy atom. The van der Waals surface area contributed by atoms with Crippen molar-refractivity contribution in [2.75, 3.05) is 7.11 Å². The summed E-state index contributed by atoms with van der Waals surface area (Å²) in [6, 6.07) is 4.42. The highest BCUT2D eigenvalue weighted by atomic mass is 79.9. The average molecular weight is 374 g/mol. The van der Waals surface area contributed by atoms with E-state index in [9.17, 15) is 9.59 Å². The molecule has 0 radical (unpaired) electrons. The quantitative estimate of drug-likeness (QED) is 0.824. The third-order valence-electron chi connectivity index (χ3n) is 2.65. The van der Waals surface area contributed by atoms with Crippen LogP contribution in [0, 0.1) is 0 Å². The molecule has 0 aliphatic carbocycles. The fourth-order valence-corrected chi connectivity index (χ4v) is 2.33. The minimum atomic E-state index is -1.02. The number of halogens is 1. The minimum absolute atomic E-state index is 0.252. The molecule has 122 valence electrons. The van der Waals surface area contributed by atoms with Crippen molar-refractivity contribution in [2.24, 2.45) is 0 Å². The number of benzene rings is 1. The summed E-state index contributed by atoms with van der Waals surface area (Å²) in [5.74, 6) is -0.400. The van der Waals surface area contributed by atoms with Gasteiger partial charge >= 0.3 is 12.1 Å². The summed E-state index contributed by atoms with van der Waals surface area (Å²) in [6.45, 7) is 5.22. The fourth-order valence-electron chi connectivity index (χ4n) is 1.78. The molecular formula is C15H20BrNO5. The summed E-state index contributed by atoms with van der Waals surface area (Å²) in [5, 5.41) is 11.6. The van der Waals surface area contributed by atoms with E-state index in [1.54, 1.807) is 39.0 Å². The number of carbonyl (C=O) groups excluding carboxylic acids is 1. The van der Waals surface area contributed by atoms with Crippen molar-refractivity contribution in [1.29, 1.82) is 0 Å². The molecule has 0 aliphatic heterocycles. The van der Waals surface area contributed by atoms with E-state index in [-0.39, 0.29) is 6.42 Å². The van der Waals surface area contributed by atoms with Gasteiger partial charge in [0.15, 0.2) is 0 Å². The second-order valence-corrected chi connectivity index (χ2v) is 6.54. The van der Waals surface area contributed by atoms with Crippen LogP contribution in [0.15, 0.2) is 22.7 Å². The number of rotatable bonds is 5. The highest BCUT2D eigenvalue weighted by molar-refractivity contribution is 9.10. The first-order chi connectivity index (χ1) is 10.1. The van der Waals surface area contributed by atoms with Crippen LogP contribution in [0.4, 0.5) is 4.79 Å². The first kappa shape index (κ1) is 18.3. The van der Waals surface area contributed by atoms with Crippen LogP contribution in [0.1, 0.15) is 38.8 Å². The Balaban J connectivity index is 2.95. The van der Waals surface area contributed by atoms with Crippen molar-refractivity contribution in [3.63, 3.8) is 0 Å². The molecule has 0 aromatic heterocycles. The second kappa shape index (κ2) is 7.49. The molecule has 0 saturated heterocycles. The van der Waals surface area contributed by atoms with Crippen LogP contribution in [0.5, 0.6) is 5.75 Å². The molecule has 2 N–H and O–H groups in total. The number of hydrogen-bond acceptors (Lipinski definition) is 4. The zero-order valence-electron chi connectivity index (χ0n) is 13.0. The van der Waals surface area contributed by atoms with E-state index in [0.717, 1.165) is 0 Å². The first-order valence-corrected chi connectivity index (χ1v) is 7.46. The maximum Gasteiger partial charge on any atom is 0.408 e. The Labute approximate surface area is 137 Å². The van der Waals surface area contributed by atoms with E-state index in [0.29, 0.717) is 15.8 Å². The summed E-state index contributed by atoms with van der Waals surface area (Å²) in [5.41, 5.74) is -0.0147. The maximum absolute atomic E-state index is 11.9. The molecule has 1 amide bonds. The topological polar surface area (TPSA) is 84.9 Å². The van der Waals surface area contributed by atoms with Gasteiger partial charge < -0.3 is 19.9 Å². The number of carboxylic acids is 1. The van der Waals surface area contributed by atoms with Crippen molar-refractivity contribution < 1.29 is 24.2 Å². The van der Waals surface area contributed by atoms with E-state index in [1.165, 1.54) is 7.11 Å². The third kappa shape index (κ3) is 5.93. The number of carboxylic acid groups (broad SMARTS) is 1. The van der Waals surface area contributed by atoms with Crippen molar-refractivity contribution in [2.45, 2.75) is 38.8 Å². The van der Waals surface area contributed by atoms with E-state index < -0.39 is 23.7 Å². The molecular weight excluding hydrogens is 354 g/mol. The highest BCUT2D eigenvalue weighted by Crippen LogP contribution is 2.29. The number of aliphatic carboxylic acids is 1. The zero-order chi connectivity index (χ0) is 16.9. The average Bonchev–Trinajstić information content (AvgIpc) is 2.35. The van der Waals surface area contributed by atoms with Crippen molar-refractivity contribution in [3.8, 4) is 5.75 Å². The smallest absolute Gasteiger partial charge is 0.408 e. The largest absolute Gasteiger partial charge is 0.496 e. The lowest BCUT2D eigenvalue weighted by Gasteiger charge is -2.23. The van der Waals surface area contributed by atoms with Gasteiger partial charge in [-0.3, -0.25) is 4.79 Å². The molecule has 6 nitrogen and oxygen atoms in total. The molecule has 0 unspecified atom stereocenters. The van der Waals surface area contributed by atoms with Gasteiger partial charge in [-0.1, -0.05) is 6.07 Å². The van der Waals surface area contributed by atoms with Gasteiger partial charge in [0.1, 0.15) is 11.4 Å².